The van der Waals surface area contributed by atoms with Crippen molar-refractivity contribution in [3.63, 3.8) is 0 Å². The fourth-order valence-corrected chi connectivity index (χ4v) is 3.72. The lowest BCUT2D eigenvalue weighted by Crippen LogP contribution is -2.58. The normalized spacial score (nSPS) is 19.2. The Hall–Kier alpha value is -2.54. The first kappa shape index (κ1) is 28.5. The van der Waals surface area contributed by atoms with Gasteiger partial charge in [0.1, 0.15) is 18.1 Å². The van der Waals surface area contributed by atoms with Crippen LogP contribution in [0.5, 0.6) is 0 Å². The summed E-state index contributed by atoms with van der Waals surface area (Å²) in [5.74, 6) is -2.84. The molecule has 0 aromatic heterocycles. The summed E-state index contributed by atoms with van der Waals surface area (Å²) >= 11 is 4.05. The monoisotopic (exact) mass is 487 g/mol. The van der Waals surface area contributed by atoms with Crippen LogP contribution in [0.3, 0.4) is 0 Å². The molecule has 12 nitrogen and oxygen atoms in total. The third-order valence-electron chi connectivity index (χ3n) is 5.71. The molecule has 0 spiro atoms. The van der Waals surface area contributed by atoms with Gasteiger partial charge in [-0.05, 0) is 31.6 Å². The molecule has 0 saturated carbocycles. The molecule has 13 heteroatoms. The van der Waals surface area contributed by atoms with E-state index in [9.17, 15) is 24.3 Å². The predicted molar refractivity (Wildman–Crippen MR) is 127 cm³/mol. The number of carboxylic acid groups (broad SMARTS) is 1. The van der Waals surface area contributed by atoms with Crippen molar-refractivity contribution in [1.82, 2.24) is 15.5 Å². The highest BCUT2D eigenvalue weighted by atomic mass is 32.1. The number of nitrogens with one attached hydrogen (secondary N) is 2. The number of aliphatic imine (C=N–C) groups is 1. The first-order chi connectivity index (χ1) is 15.5. The third kappa shape index (κ3) is 8.72. The molecule has 5 atom stereocenters. The number of guanidine groups is 1. The molecule has 1 aliphatic rings. The van der Waals surface area contributed by atoms with Crippen molar-refractivity contribution in [3.05, 3.63) is 0 Å². The van der Waals surface area contributed by atoms with E-state index in [0.717, 1.165) is 0 Å². The van der Waals surface area contributed by atoms with Crippen molar-refractivity contribution in [2.24, 2.45) is 28.1 Å². The molecule has 1 rings (SSSR count). The summed E-state index contributed by atoms with van der Waals surface area (Å²) in [5, 5.41) is 14.7. The summed E-state index contributed by atoms with van der Waals surface area (Å²) in [4.78, 5) is 55.3. The van der Waals surface area contributed by atoms with Gasteiger partial charge in [0.05, 0.1) is 6.04 Å². The number of carbonyl (C=O) groups excluding carboxylic acids is 3. The molecule has 9 N–H and O–H groups in total. The van der Waals surface area contributed by atoms with Crippen LogP contribution >= 0.6 is 12.6 Å². The molecule has 0 bridgehead atoms. The van der Waals surface area contributed by atoms with E-state index in [4.69, 9.17) is 17.2 Å². The van der Waals surface area contributed by atoms with Crippen molar-refractivity contribution < 1.29 is 24.3 Å². The largest absolute Gasteiger partial charge is 0.480 e. The number of carboxylic acids is 1. The van der Waals surface area contributed by atoms with Crippen molar-refractivity contribution in [2.45, 2.75) is 70.1 Å². The first-order valence-corrected chi connectivity index (χ1v) is 11.7. The fourth-order valence-electron chi connectivity index (χ4n) is 3.57. The summed E-state index contributed by atoms with van der Waals surface area (Å²) in [6.07, 6.45) is 2.12. The molecular weight excluding hydrogens is 450 g/mol. The zero-order valence-corrected chi connectivity index (χ0v) is 20.1. The van der Waals surface area contributed by atoms with Gasteiger partial charge in [0.15, 0.2) is 5.96 Å². The SMILES string of the molecule is CCC(C)C(NC(=O)C1CCCN1C(=O)C(N)CS)C(=O)NC(CCCN=C(N)N)C(=O)O. The Balaban J connectivity index is 2.88. The molecule has 33 heavy (non-hydrogen) atoms. The number of hydrogen-bond acceptors (Lipinski definition) is 7. The second-order valence-electron chi connectivity index (χ2n) is 8.20. The van der Waals surface area contributed by atoms with Crippen LogP contribution in [0, 0.1) is 5.92 Å². The number of amides is 3. The second kappa shape index (κ2) is 13.9. The summed E-state index contributed by atoms with van der Waals surface area (Å²) in [7, 11) is 0. The van der Waals surface area contributed by atoms with E-state index in [1.165, 1.54) is 4.90 Å². The lowest BCUT2D eigenvalue weighted by Gasteiger charge is -2.30. The van der Waals surface area contributed by atoms with E-state index in [0.29, 0.717) is 32.2 Å². The summed E-state index contributed by atoms with van der Waals surface area (Å²) in [6, 6.07) is -3.67. The van der Waals surface area contributed by atoms with Crippen LogP contribution in [0.15, 0.2) is 4.99 Å². The van der Waals surface area contributed by atoms with Crippen molar-refractivity contribution in [3.8, 4) is 0 Å². The van der Waals surface area contributed by atoms with E-state index in [-0.39, 0.29) is 36.5 Å². The predicted octanol–water partition coefficient (Wildman–Crippen LogP) is -1.61. The van der Waals surface area contributed by atoms with Gasteiger partial charge in [-0.25, -0.2) is 4.79 Å². The van der Waals surface area contributed by atoms with Gasteiger partial charge >= 0.3 is 5.97 Å². The minimum Gasteiger partial charge on any atom is -0.480 e. The third-order valence-corrected chi connectivity index (χ3v) is 6.10. The van der Waals surface area contributed by atoms with E-state index in [2.05, 4.69) is 28.3 Å². The number of hydrogen-bond donors (Lipinski definition) is 7. The van der Waals surface area contributed by atoms with Crippen molar-refractivity contribution in [1.29, 1.82) is 0 Å². The standard InChI is InChI=1S/C20H37N7O5S/c1-3-11(2)15(17(29)25-13(19(31)32)6-4-8-24-20(22)23)26-16(28)14-7-5-9-27(14)18(30)12(21)10-33/h11-15,33H,3-10,21H2,1-2H3,(H,25,29)(H,26,28)(H,31,32)(H4,22,23,24). The molecule has 5 unspecified atom stereocenters. The van der Waals surface area contributed by atoms with Crippen molar-refractivity contribution >= 4 is 42.3 Å². The maximum Gasteiger partial charge on any atom is 0.326 e. The second-order valence-corrected chi connectivity index (χ2v) is 8.56. The minimum atomic E-state index is -1.20. The maximum absolute atomic E-state index is 13.0. The Morgan fingerprint density at radius 3 is 2.45 bits per heavy atom. The van der Waals surface area contributed by atoms with Gasteiger partial charge in [-0.2, -0.15) is 12.6 Å². The zero-order chi connectivity index (χ0) is 25.1. The van der Waals surface area contributed by atoms with Gasteiger partial charge in [-0.3, -0.25) is 19.4 Å². The van der Waals surface area contributed by atoms with Crippen LogP contribution in [-0.2, 0) is 19.2 Å². The highest BCUT2D eigenvalue weighted by Gasteiger charge is 2.38. The van der Waals surface area contributed by atoms with E-state index >= 15 is 0 Å². The van der Waals surface area contributed by atoms with Crippen LogP contribution in [0.25, 0.3) is 0 Å². The molecule has 1 fully saturated rings. The van der Waals surface area contributed by atoms with E-state index < -0.39 is 42.0 Å². The molecule has 0 radical (unpaired) electrons. The van der Waals surface area contributed by atoms with Crippen LogP contribution in [0.2, 0.25) is 0 Å². The van der Waals surface area contributed by atoms with Gasteiger partial charge in [-0.15, -0.1) is 0 Å². The summed E-state index contributed by atoms with van der Waals surface area (Å²) in [5.41, 5.74) is 16.3. The minimum absolute atomic E-state index is 0.0970. The molecular formula is C20H37N7O5S. The van der Waals surface area contributed by atoms with Gasteiger partial charge in [0, 0.05) is 18.8 Å². The number of nitrogens with zero attached hydrogens (tertiary/aromatic N) is 2. The average Bonchev–Trinajstić information content (AvgIpc) is 3.27. The Bertz CT molecular complexity index is 732. The number of thiol groups is 1. The molecule has 0 aliphatic carbocycles. The Morgan fingerprint density at radius 2 is 1.91 bits per heavy atom. The van der Waals surface area contributed by atoms with Crippen LogP contribution in [0.4, 0.5) is 0 Å². The van der Waals surface area contributed by atoms with Crippen LogP contribution in [0.1, 0.15) is 46.0 Å². The van der Waals surface area contributed by atoms with Crippen LogP contribution in [-0.4, -0.2) is 82.7 Å². The van der Waals surface area contributed by atoms with Gasteiger partial charge in [0.2, 0.25) is 17.7 Å². The first-order valence-electron chi connectivity index (χ1n) is 11.1. The average molecular weight is 488 g/mol. The summed E-state index contributed by atoms with van der Waals surface area (Å²) < 4.78 is 0. The smallest absolute Gasteiger partial charge is 0.326 e. The highest BCUT2D eigenvalue weighted by Crippen LogP contribution is 2.20. The molecule has 1 heterocycles. The topological polar surface area (TPSA) is 206 Å². The van der Waals surface area contributed by atoms with Crippen molar-refractivity contribution in [2.75, 3.05) is 18.8 Å². The Labute approximate surface area is 199 Å². The number of likely N-dealkylation sites (tertiary alicyclic amines) is 1. The van der Waals surface area contributed by atoms with Gasteiger partial charge in [0.25, 0.3) is 0 Å². The van der Waals surface area contributed by atoms with Gasteiger partial charge < -0.3 is 37.8 Å². The van der Waals surface area contributed by atoms with Crippen LogP contribution < -0.4 is 27.8 Å². The lowest BCUT2D eigenvalue weighted by atomic mass is 9.97. The highest BCUT2D eigenvalue weighted by molar-refractivity contribution is 7.80. The molecule has 0 aromatic rings. The maximum atomic E-state index is 13.0. The molecule has 3 amide bonds. The molecule has 1 aliphatic heterocycles. The number of aliphatic carboxylic acids is 1. The molecule has 0 aromatic carbocycles. The number of rotatable bonds is 13. The van der Waals surface area contributed by atoms with Gasteiger partial charge in [-0.1, -0.05) is 20.3 Å². The zero-order valence-electron chi connectivity index (χ0n) is 19.2. The van der Waals surface area contributed by atoms with E-state index in [1.807, 2.05) is 6.92 Å². The van der Waals surface area contributed by atoms with E-state index in [1.54, 1.807) is 6.92 Å². The lowest BCUT2D eigenvalue weighted by molar-refractivity contribution is -0.143. The molecule has 188 valence electrons. The Morgan fingerprint density at radius 1 is 1.24 bits per heavy atom. The molecule has 1 saturated heterocycles. The number of nitrogens with two attached hydrogens (primary N) is 3. The quantitative estimate of drug-likeness (QED) is 0.0694. The Kier molecular flexibility index (Phi) is 12.0. The fraction of sp³-hybridized carbons (Fsp3) is 0.750. The number of carbonyl (C=O) groups is 4. The summed E-state index contributed by atoms with van der Waals surface area (Å²) in [6.45, 7) is 4.27.